The third kappa shape index (κ3) is 1.73. The van der Waals surface area contributed by atoms with Crippen LogP contribution in [-0.2, 0) is 0 Å². The van der Waals surface area contributed by atoms with Gasteiger partial charge >= 0.3 is 0 Å². The van der Waals surface area contributed by atoms with Gasteiger partial charge in [-0.25, -0.2) is 9.02 Å². The van der Waals surface area contributed by atoms with E-state index >= 15 is 0 Å². The van der Waals surface area contributed by atoms with E-state index in [9.17, 15) is 4.39 Å². The normalized spacial score (nSPS) is 21.7. The SMILES string of the molecule is Nc1nonc1C(=NC1c2ccccc2C1F)NO. The third-order valence-electron chi connectivity index (χ3n) is 3.00. The first-order valence-corrected chi connectivity index (χ1v) is 5.51. The summed E-state index contributed by atoms with van der Waals surface area (Å²) in [5.41, 5.74) is 8.72. The summed E-state index contributed by atoms with van der Waals surface area (Å²) in [5, 5.41) is 15.9. The number of aliphatic imine (C=N–C) groups is 1. The molecule has 0 saturated carbocycles. The molecule has 98 valence electrons. The van der Waals surface area contributed by atoms with E-state index in [1.807, 2.05) is 5.48 Å². The first kappa shape index (κ1) is 11.6. The maximum absolute atomic E-state index is 13.9. The molecule has 4 N–H and O–H groups in total. The molecule has 8 heteroatoms. The third-order valence-corrected chi connectivity index (χ3v) is 3.00. The lowest BCUT2D eigenvalue weighted by molar-refractivity contribution is 0.225. The largest absolute Gasteiger partial charge is 0.379 e. The number of nitrogens with one attached hydrogen (secondary N) is 1. The van der Waals surface area contributed by atoms with E-state index in [4.69, 9.17) is 10.9 Å². The molecule has 1 aliphatic carbocycles. The van der Waals surface area contributed by atoms with Crippen molar-refractivity contribution >= 4 is 11.7 Å². The van der Waals surface area contributed by atoms with Crippen LogP contribution in [-0.4, -0.2) is 21.4 Å². The fourth-order valence-corrected chi connectivity index (χ4v) is 2.04. The molecule has 2 aromatic rings. The van der Waals surface area contributed by atoms with Gasteiger partial charge in [0.2, 0.25) is 0 Å². The van der Waals surface area contributed by atoms with Crippen molar-refractivity contribution in [1.29, 1.82) is 0 Å². The van der Waals surface area contributed by atoms with Gasteiger partial charge in [-0.1, -0.05) is 24.3 Å². The summed E-state index contributed by atoms with van der Waals surface area (Å²) in [6, 6.07) is 6.33. The Balaban J connectivity index is 1.96. The quantitative estimate of drug-likeness (QED) is 0.426. The van der Waals surface area contributed by atoms with Gasteiger partial charge in [0.05, 0.1) is 0 Å². The van der Waals surface area contributed by atoms with Crippen LogP contribution in [0.15, 0.2) is 33.9 Å². The Morgan fingerprint density at radius 2 is 2.11 bits per heavy atom. The second-order valence-electron chi connectivity index (χ2n) is 4.06. The number of hydroxylamine groups is 1. The fraction of sp³-hybridized carbons (Fsp3) is 0.182. The summed E-state index contributed by atoms with van der Waals surface area (Å²) >= 11 is 0. The monoisotopic (exact) mass is 263 g/mol. The number of nitrogens with zero attached hydrogens (tertiary/aromatic N) is 3. The minimum atomic E-state index is -1.22. The highest BCUT2D eigenvalue weighted by Crippen LogP contribution is 2.48. The molecule has 0 radical (unpaired) electrons. The second kappa shape index (κ2) is 4.32. The molecule has 7 nitrogen and oxygen atoms in total. The van der Waals surface area contributed by atoms with E-state index in [1.165, 1.54) is 0 Å². The molecule has 0 fully saturated rings. The predicted octanol–water partition coefficient (Wildman–Crippen LogP) is 1.14. The minimum absolute atomic E-state index is 0.0386. The molecule has 2 unspecified atom stereocenters. The topological polar surface area (TPSA) is 110 Å². The van der Waals surface area contributed by atoms with Crippen LogP contribution in [0.5, 0.6) is 0 Å². The van der Waals surface area contributed by atoms with Crippen molar-refractivity contribution in [2.24, 2.45) is 4.99 Å². The zero-order chi connectivity index (χ0) is 13.4. The number of anilines is 1. The van der Waals surface area contributed by atoms with Crippen LogP contribution in [0.2, 0.25) is 0 Å². The number of hydrogen-bond donors (Lipinski definition) is 3. The number of alkyl halides is 1. The van der Waals surface area contributed by atoms with Crippen molar-refractivity contribution in [3.63, 3.8) is 0 Å². The number of rotatable bonds is 2. The average molecular weight is 263 g/mol. The van der Waals surface area contributed by atoms with Crippen molar-refractivity contribution in [3.05, 3.63) is 41.1 Å². The van der Waals surface area contributed by atoms with Crippen LogP contribution in [0.3, 0.4) is 0 Å². The Hall–Kier alpha value is -2.48. The maximum atomic E-state index is 13.9. The zero-order valence-electron chi connectivity index (χ0n) is 9.62. The van der Waals surface area contributed by atoms with E-state index in [1.54, 1.807) is 24.3 Å². The molecule has 0 saturated heterocycles. The smallest absolute Gasteiger partial charge is 0.199 e. The van der Waals surface area contributed by atoms with Gasteiger partial charge in [0.25, 0.3) is 0 Å². The number of amidine groups is 1. The van der Waals surface area contributed by atoms with E-state index < -0.39 is 12.2 Å². The number of benzene rings is 1. The minimum Gasteiger partial charge on any atom is -0.379 e. The lowest BCUT2D eigenvalue weighted by Crippen LogP contribution is -2.27. The molecule has 1 heterocycles. The standard InChI is InChI=1S/C11H10FN5O2/c12-7-5-3-1-2-4-6(5)8(7)14-11(15-18)9-10(13)17-19-16-9/h1-4,7-8,18H,(H2,13,17)(H,14,15). The van der Waals surface area contributed by atoms with Crippen LogP contribution in [0.1, 0.15) is 29.0 Å². The first-order chi connectivity index (χ1) is 9.22. The number of halogens is 1. The molecule has 1 aromatic heterocycles. The summed E-state index contributed by atoms with van der Waals surface area (Å²) in [7, 11) is 0. The van der Waals surface area contributed by atoms with Crippen LogP contribution in [0.25, 0.3) is 0 Å². The van der Waals surface area contributed by atoms with Crippen molar-refractivity contribution in [1.82, 2.24) is 15.8 Å². The molecule has 2 atom stereocenters. The van der Waals surface area contributed by atoms with Crippen LogP contribution >= 0.6 is 0 Å². The van der Waals surface area contributed by atoms with Crippen LogP contribution < -0.4 is 11.2 Å². The summed E-state index contributed by atoms with van der Waals surface area (Å²) in [4.78, 5) is 4.06. The predicted molar refractivity (Wildman–Crippen MR) is 63.2 cm³/mol. The van der Waals surface area contributed by atoms with Crippen LogP contribution in [0.4, 0.5) is 10.2 Å². The Bertz CT molecular complexity index is 642. The Morgan fingerprint density at radius 1 is 1.37 bits per heavy atom. The molecule has 1 aromatic carbocycles. The first-order valence-electron chi connectivity index (χ1n) is 5.51. The van der Waals surface area contributed by atoms with Crippen LogP contribution in [0, 0.1) is 0 Å². The molecule has 1 aliphatic rings. The lowest BCUT2D eigenvalue weighted by Gasteiger charge is -2.31. The van der Waals surface area contributed by atoms with E-state index in [0.717, 1.165) is 5.56 Å². The summed E-state index contributed by atoms with van der Waals surface area (Å²) in [6.07, 6.45) is -1.22. The zero-order valence-corrected chi connectivity index (χ0v) is 9.62. The van der Waals surface area contributed by atoms with Gasteiger partial charge in [0, 0.05) is 0 Å². The number of fused-ring (bicyclic) bond motifs is 1. The van der Waals surface area contributed by atoms with Gasteiger partial charge in [-0.3, -0.25) is 15.7 Å². The fourth-order valence-electron chi connectivity index (χ4n) is 2.04. The Kier molecular flexibility index (Phi) is 2.64. The van der Waals surface area contributed by atoms with Gasteiger partial charge in [0.1, 0.15) is 6.04 Å². The van der Waals surface area contributed by atoms with Gasteiger partial charge in [-0.15, -0.1) is 0 Å². The molecule has 0 spiro atoms. The highest BCUT2D eigenvalue weighted by Gasteiger charge is 2.38. The molecule has 3 rings (SSSR count). The Morgan fingerprint density at radius 3 is 2.74 bits per heavy atom. The van der Waals surface area contributed by atoms with E-state index in [-0.39, 0.29) is 17.3 Å². The second-order valence-corrected chi connectivity index (χ2v) is 4.06. The molecule has 0 aliphatic heterocycles. The average Bonchev–Trinajstić information content (AvgIpc) is 2.86. The number of aromatic nitrogens is 2. The van der Waals surface area contributed by atoms with E-state index in [2.05, 4.69) is 19.9 Å². The molecule has 0 bridgehead atoms. The lowest BCUT2D eigenvalue weighted by atomic mass is 9.82. The van der Waals surface area contributed by atoms with Gasteiger partial charge in [-0.2, -0.15) is 0 Å². The Labute approximate surface area is 106 Å². The molecular weight excluding hydrogens is 253 g/mol. The number of hydrogen-bond acceptors (Lipinski definition) is 6. The summed E-state index contributed by atoms with van der Waals surface area (Å²) in [5.74, 6) is -0.121. The highest BCUT2D eigenvalue weighted by atomic mass is 19.1. The van der Waals surface area contributed by atoms with Gasteiger partial charge in [0.15, 0.2) is 23.5 Å². The van der Waals surface area contributed by atoms with Gasteiger partial charge in [-0.05, 0) is 21.4 Å². The maximum Gasteiger partial charge on any atom is 0.199 e. The molecule has 0 amide bonds. The highest BCUT2D eigenvalue weighted by molar-refractivity contribution is 5.99. The van der Waals surface area contributed by atoms with Crippen molar-refractivity contribution < 1.29 is 14.2 Å². The molecule has 19 heavy (non-hydrogen) atoms. The van der Waals surface area contributed by atoms with Crippen molar-refractivity contribution in [2.75, 3.05) is 5.73 Å². The van der Waals surface area contributed by atoms with Crippen molar-refractivity contribution in [2.45, 2.75) is 12.2 Å². The van der Waals surface area contributed by atoms with E-state index in [0.29, 0.717) is 5.56 Å². The molecular formula is C11H10FN5O2. The van der Waals surface area contributed by atoms with Crippen molar-refractivity contribution in [3.8, 4) is 0 Å². The van der Waals surface area contributed by atoms with Gasteiger partial charge < -0.3 is 5.73 Å². The summed E-state index contributed by atoms with van der Waals surface area (Å²) in [6.45, 7) is 0. The number of nitrogen functional groups attached to an aromatic ring is 1. The number of nitrogens with two attached hydrogens (primary N) is 1. The summed E-state index contributed by atoms with van der Waals surface area (Å²) < 4.78 is 18.3.